The second-order valence-electron chi connectivity index (χ2n) is 9.61. The van der Waals surface area contributed by atoms with Crippen LogP contribution in [0.4, 0.5) is 0 Å². The first-order valence-corrected chi connectivity index (χ1v) is 9.80. The lowest BCUT2D eigenvalue weighted by atomic mass is 9.41. The van der Waals surface area contributed by atoms with E-state index >= 15 is 0 Å². The van der Waals surface area contributed by atoms with Gasteiger partial charge in [0.2, 0.25) is 0 Å². The summed E-state index contributed by atoms with van der Waals surface area (Å²) in [4.78, 5) is 0. The summed E-state index contributed by atoms with van der Waals surface area (Å²) in [7, 11) is 0. The Bertz CT molecular complexity index is 447. The zero-order valence-corrected chi connectivity index (χ0v) is 14.5. The van der Waals surface area contributed by atoms with Gasteiger partial charge in [-0.3, -0.25) is 0 Å². The van der Waals surface area contributed by atoms with E-state index in [1.807, 2.05) is 0 Å². The maximum atomic E-state index is 10.5. The second kappa shape index (κ2) is 4.96. The standard InChI is InChI=1S/C20H34O2/c1-18-10-5-12-20(18,17(21)22)16-8-7-14-6-3-4-11-19(14,2)15(16)9-13-18/h14-17,21-22H,3-13H2,1-2H3/t14?,15?,16?,18?,19?,20-/m0/s1. The van der Waals surface area contributed by atoms with Gasteiger partial charge in [0.15, 0.2) is 6.29 Å². The molecule has 0 saturated heterocycles. The van der Waals surface area contributed by atoms with E-state index in [1.54, 1.807) is 0 Å². The Morgan fingerprint density at radius 3 is 2.36 bits per heavy atom. The summed E-state index contributed by atoms with van der Waals surface area (Å²) in [5.41, 5.74) is 0.439. The monoisotopic (exact) mass is 306 g/mol. The molecule has 4 aliphatic carbocycles. The molecule has 6 atom stereocenters. The van der Waals surface area contributed by atoms with Gasteiger partial charge in [0.05, 0.1) is 0 Å². The summed E-state index contributed by atoms with van der Waals surface area (Å²) >= 11 is 0. The first-order valence-electron chi connectivity index (χ1n) is 9.80. The van der Waals surface area contributed by atoms with Crippen LogP contribution in [-0.2, 0) is 0 Å². The normalized spacial score (nSPS) is 54.7. The smallest absolute Gasteiger partial charge is 0.157 e. The molecule has 2 nitrogen and oxygen atoms in total. The lowest BCUT2D eigenvalue weighted by molar-refractivity contribution is -0.250. The summed E-state index contributed by atoms with van der Waals surface area (Å²) < 4.78 is 0. The van der Waals surface area contributed by atoms with E-state index in [2.05, 4.69) is 13.8 Å². The van der Waals surface area contributed by atoms with Crippen LogP contribution >= 0.6 is 0 Å². The summed E-state index contributed by atoms with van der Waals surface area (Å²) in [6.45, 7) is 4.92. The first kappa shape index (κ1) is 15.4. The Morgan fingerprint density at radius 2 is 1.59 bits per heavy atom. The first-order chi connectivity index (χ1) is 10.4. The van der Waals surface area contributed by atoms with Gasteiger partial charge in [-0.2, -0.15) is 0 Å². The van der Waals surface area contributed by atoms with Gasteiger partial charge in [-0.05, 0) is 80.0 Å². The Kier molecular flexibility index (Phi) is 3.48. The molecule has 0 radical (unpaired) electrons. The largest absolute Gasteiger partial charge is 0.368 e. The number of hydrogen-bond acceptors (Lipinski definition) is 2. The molecule has 4 saturated carbocycles. The lowest BCUT2D eigenvalue weighted by Gasteiger charge is -2.64. The van der Waals surface area contributed by atoms with Gasteiger partial charge in [0.1, 0.15) is 0 Å². The molecule has 22 heavy (non-hydrogen) atoms. The van der Waals surface area contributed by atoms with Gasteiger partial charge in [0.25, 0.3) is 0 Å². The van der Waals surface area contributed by atoms with E-state index < -0.39 is 6.29 Å². The molecule has 0 bridgehead atoms. The fourth-order valence-corrected chi connectivity index (χ4v) is 7.98. The summed E-state index contributed by atoms with van der Waals surface area (Å²) in [5, 5.41) is 21.0. The van der Waals surface area contributed by atoms with E-state index in [1.165, 1.54) is 64.2 Å². The van der Waals surface area contributed by atoms with Crippen LogP contribution in [0.25, 0.3) is 0 Å². The fourth-order valence-electron chi connectivity index (χ4n) is 7.98. The minimum absolute atomic E-state index is 0.167. The van der Waals surface area contributed by atoms with Crippen molar-refractivity contribution in [1.82, 2.24) is 0 Å². The average Bonchev–Trinajstić information content (AvgIpc) is 2.85. The van der Waals surface area contributed by atoms with Crippen molar-refractivity contribution in [3.05, 3.63) is 0 Å². The molecule has 5 unspecified atom stereocenters. The highest BCUT2D eigenvalue weighted by atomic mass is 16.5. The second-order valence-corrected chi connectivity index (χ2v) is 9.61. The maximum Gasteiger partial charge on any atom is 0.157 e. The molecule has 0 aromatic carbocycles. The van der Waals surface area contributed by atoms with E-state index in [9.17, 15) is 10.2 Å². The van der Waals surface area contributed by atoms with Crippen molar-refractivity contribution in [1.29, 1.82) is 0 Å². The van der Waals surface area contributed by atoms with Gasteiger partial charge in [-0.15, -0.1) is 0 Å². The molecule has 0 aromatic rings. The predicted octanol–water partition coefficient (Wildman–Crippen LogP) is 4.49. The van der Waals surface area contributed by atoms with Crippen LogP contribution in [0.3, 0.4) is 0 Å². The predicted molar refractivity (Wildman–Crippen MR) is 88.1 cm³/mol. The van der Waals surface area contributed by atoms with Crippen LogP contribution in [-0.4, -0.2) is 16.5 Å². The number of fused-ring (bicyclic) bond motifs is 5. The number of aliphatic hydroxyl groups excluding tert-OH is 1. The molecular weight excluding hydrogens is 272 g/mol. The van der Waals surface area contributed by atoms with Crippen LogP contribution in [0.1, 0.15) is 84.5 Å². The highest BCUT2D eigenvalue weighted by molar-refractivity contribution is 5.14. The van der Waals surface area contributed by atoms with Crippen molar-refractivity contribution in [3.63, 3.8) is 0 Å². The molecule has 4 rings (SSSR count). The minimum Gasteiger partial charge on any atom is -0.368 e. The topological polar surface area (TPSA) is 40.5 Å². The van der Waals surface area contributed by atoms with Crippen molar-refractivity contribution in [2.75, 3.05) is 0 Å². The zero-order chi connectivity index (χ0) is 15.6. The summed E-state index contributed by atoms with van der Waals surface area (Å²) in [6.07, 6.45) is 13.1. The third kappa shape index (κ3) is 1.75. The molecule has 4 aliphatic rings. The molecule has 0 aliphatic heterocycles. The summed E-state index contributed by atoms with van der Waals surface area (Å²) in [5.74, 6) is 2.19. The molecule has 126 valence electrons. The SMILES string of the molecule is CC12CCCCC1CCC1C2CCC2(C)CCC[C@@]12C(O)O. The quantitative estimate of drug-likeness (QED) is 0.701. The number of aliphatic hydroxyl groups is 2. The Hall–Kier alpha value is -0.0800. The van der Waals surface area contributed by atoms with Crippen molar-refractivity contribution in [2.24, 2.45) is 34.0 Å². The van der Waals surface area contributed by atoms with Crippen LogP contribution in [0.15, 0.2) is 0 Å². The van der Waals surface area contributed by atoms with E-state index in [-0.39, 0.29) is 10.8 Å². The zero-order valence-electron chi connectivity index (χ0n) is 14.5. The Labute approximate surface area is 135 Å². The van der Waals surface area contributed by atoms with Crippen LogP contribution in [0.5, 0.6) is 0 Å². The third-order valence-corrected chi connectivity index (χ3v) is 9.18. The Balaban J connectivity index is 1.75. The Morgan fingerprint density at radius 1 is 0.773 bits per heavy atom. The van der Waals surface area contributed by atoms with Crippen molar-refractivity contribution in [3.8, 4) is 0 Å². The highest BCUT2D eigenvalue weighted by Gasteiger charge is 2.66. The minimum atomic E-state index is -1.11. The molecular formula is C20H34O2. The molecule has 4 fully saturated rings. The van der Waals surface area contributed by atoms with E-state index in [0.717, 1.165) is 18.3 Å². The van der Waals surface area contributed by atoms with Crippen LogP contribution in [0, 0.1) is 34.0 Å². The summed E-state index contributed by atoms with van der Waals surface area (Å²) in [6, 6.07) is 0. The van der Waals surface area contributed by atoms with Gasteiger partial charge in [0, 0.05) is 5.41 Å². The molecule has 0 aromatic heterocycles. The molecule has 0 heterocycles. The van der Waals surface area contributed by atoms with Crippen LogP contribution in [0.2, 0.25) is 0 Å². The molecule has 2 heteroatoms. The van der Waals surface area contributed by atoms with Gasteiger partial charge >= 0.3 is 0 Å². The maximum absolute atomic E-state index is 10.5. The van der Waals surface area contributed by atoms with Gasteiger partial charge < -0.3 is 10.2 Å². The van der Waals surface area contributed by atoms with Crippen molar-refractivity contribution < 1.29 is 10.2 Å². The highest BCUT2D eigenvalue weighted by Crippen LogP contribution is 2.72. The van der Waals surface area contributed by atoms with Gasteiger partial charge in [-0.25, -0.2) is 0 Å². The van der Waals surface area contributed by atoms with Gasteiger partial charge in [-0.1, -0.05) is 33.1 Å². The van der Waals surface area contributed by atoms with Crippen molar-refractivity contribution >= 4 is 0 Å². The number of hydrogen-bond donors (Lipinski definition) is 2. The van der Waals surface area contributed by atoms with E-state index in [4.69, 9.17) is 0 Å². The average molecular weight is 306 g/mol. The van der Waals surface area contributed by atoms with Crippen LogP contribution < -0.4 is 0 Å². The lowest BCUT2D eigenvalue weighted by Crippen LogP contribution is -2.60. The third-order valence-electron chi connectivity index (χ3n) is 9.18. The number of rotatable bonds is 1. The van der Waals surface area contributed by atoms with Crippen molar-refractivity contribution in [2.45, 2.75) is 90.8 Å². The fraction of sp³-hybridized carbons (Fsp3) is 1.00. The van der Waals surface area contributed by atoms with E-state index in [0.29, 0.717) is 11.3 Å². The molecule has 2 N–H and O–H groups in total. The molecule has 0 amide bonds. The molecule has 0 spiro atoms.